The lowest BCUT2D eigenvalue weighted by atomic mass is 10.0. The smallest absolute Gasteiger partial charge is 0.220 e. The predicted molar refractivity (Wildman–Crippen MR) is 79.3 cm³/mol. The molecule has 0 fully saturated rings. The maximum Gasteiger partial charge on any atom is 0.220 e. The van der Waals surface area contributed by atoms with Gasteiger partial charge in [-0.1, -0.05) is 13.8 Å². The van der Waals surface area contributed by atoms with Crippen LogP contribution >= 0.6 is 0 Å². The standard InChI is InChI=1S/C15H21N5O/c1-11(2)14(15-17-10-18-20(15)3)19-13(21)5-4-12-6-8-16-9-7-12/h6-11,14H,4-5H2,1-3H3,(H,19,21). The second-order valence-corrected chi connectivity index (χ2v) is 5.39. The van der Waals surface area contributed by atoms with Crippen molar-refractivity contribution in [2.75, 3.05) is 0 Å². The van der Waals surface area contributed by atoms with E-state index in [2.05, 4.69) is 34.2 Å². The highest BCUT2D eigenvalue weighted by Gasteiger charge is 2.22. The van der Waals surface area contributed by atoms with Gasteiger partial charge in [-0.05, 0) is 30.0 Å². The molecule has 0 saturated heterocycles. The van der Waals surface area contributed by atoms with Crippen molar-refractivity contribution in [1.29, 1.82) is 0 Å². The molecule has 0 aromatic carbocycles. The lowest BCUT2D eigenvalue weighted by molar-refractivity contribution is -0.122. The third-order valence-electron chi connectivity index (χ3n) is 3.40. The first kappa shape index (κ1) is 15.2. The highest BCUT2D eigenvalue weighted by molar-refractivity contribution is 5.76. The molecule has 0 spiro atoms. The highest BCUT2D eigenvalue weighted by Crippen LogP contribution is 2.19. The first-order valence-electron chi connectivity index (χ1n) is 7.10. The molecule has 2 aromatic heterocycles. The van der Waals surface area contributed by atoms with Crippen molar-refractivity contribution in [2.45, 2.75) is 32.7 Å². The fourth-order valence-electron chi connectivity index (χ4n) is 2.17. The van der Waals surface area contributed by atoms with Gasteiger partial charge in [0.25, 0.3) is 0 Å². The summed E-state index contributed by atoms with van der Waals surface area (Å²) in [6.45, 7) is 4.12. The number of rotatable bonds is 6. The lowest BCUT2D eigenvalue weighted by Gasteiger charge is -2.21. The van der Waals surface area contributed by atoms with Gasteiger partial charge in [-0.3, -0.25) is 14.5 Å². The number of aromatic nitrogens is 4. The molecule has 0 bridgehead atoms. The van der Waals surface area contributed by atoms with Crippen LogP contribution in [0.3, 0.4) is 0 Å². The van der Waals surface area contributed by atoms with Crippen LogP contribution in [0.2, 0.25) is 0 Å². The van der Waals surface area contributed by atoms with Crippen LogP contribution in [0, 0.1) is 5.92 Å². The van der Waals surface area contributed by atoms with Gasteiger partial charge in [-0.25, -0.2) is 4.98 Å². The summed E-state index contributed by atoms with van der Waals surface area (Å²) in [4.78, 5) is 20.4. The van der Waals surface area contributed by atoms with E-state index in [9.17, 15) is 4.79 Å². The summed E-state index contributed by atoms with van der Waals surface area (Å²) in [6.07, 6.45) is 6.14. The quantitative estimate of drug-likeness (QED) is 0.877. The van der Waals surface area contributed by atoms with E-state index in [4.69, 9.17) is 0 Å². The minimum atomic E-state index is -0.123. The molecule has 1 amide bonds. The Labute approximate surface area is 124 Å². The molecule has 0 radical (unpaired) electrons. The Kier molecular flexibility index (Phi) is 5.03. The van der Waals surface area contributed by atoms with Crippen molar-refractivity contribution in [3.63, 3.8) is 0 Å². The number of nitrogens with zero attached hydrogens (tertiary/aromatic N) is 4. The minimum Gasteiger partial charge on any atom is -0.346 e. The van der Waals surface area contributed by atoms with Gasteiger partial charge in [0.1, 0.15) is 12.2 Å². The van der Waals surface area contributed by atoms with Gasteiger partial charge < -0.3 is 5.32 Å². The minimum absolute atomic E-state index is 0.0218. The van der Waals surface area contributed by atoms with Crippen LogP contribution in [0.5, 0.6) is 0 Å². The number of hydrogen-bond acceptors (Lipinski definition) is 4. The molecular formula is C15H21N5O. The molecule has 1 N–H and O–H groups in total. The summed E-state index contributed by atoms with van der Waals surface area (Å²) in [5, 5.41) is 7.12. The second-order valence-electron chi connectivity index (χ2n) is 5.39. The summed E-state index contributed by atoms with van der Waals surface area (Å²) in [5.74, 6) is 1.05. The van der Waals surface area contributed by atoms with Gasteiger partial charge in [-0.15, -0.1) is 0 Å². The van der Waals surface area contributed by atoms with E-state index in [1.165, 1.54) is 6.33 Å². The summed E-state index contributed by atoms with van der Waals surface area (Å²) in [7, 11) is 1.83. The van der Waals surface area contributed by atoms with Gasteiger partial charge in [0.05, 0.1) is 6.04 Å². The van der Waals surface area contributed by atoms with E-state index in [-0.39, 0.29) is 17.9 Å². The summed E-state index contributed by atoms with van der Waals surface area (Å²) in [6, 6.07) is 3.73. The van der Waals surface area contributed by atoms with Crippen LogP contribution in [0.15, 0.2) is 30.9 Å². The second kappa shape index (κ2) is 6.97. The van der Waals surface area contributed by atoms with Crippen LogP contribution in [-0.4, -0.2) is 25.7 Å². The van der Waals surface area contributed by atoms with Crippen LogP contribution in [0.25, 0.3) is 0 Å². The number of hydrogen-bond donors (Lipinski definition) is 1. The highest BCUT2D eigenvalue weighted by atomic mass is 16.1. The Bertz CT molecular complexity index is 579. The fraction of sp³-hybridized carbons (Fsp3) is 0.467. The fourth-order valence-corrected chi connectivity index (χ4v) is 2.17. The number of nitrogens with one attached hydrogen (secondary N) is 1. The number of amides is 1. The normalized spacial score (nSPS) is 12.4. The number of carbonyl (C=O) groups excluding carboxylic acids is 1. The number of pyridine rings is 1. The van der Waals surface area contributed by atoms with E-state index >= 15 is 0 Å². The summed E-state index contributed by atoms with van der Waals surface area (Å²) in [5.41, 5.74) is 1.11. The zero-order valence-electron chi connectivity index (χ0n) is 12.7. The van der Waals surface area contributed by atoms with Crippen LogP contribution in [-0.2, 0) is 18.3 Å². The number of carbonyl (C=O) groups is 1. The van der Waals surface area contributed by atoms with Crippen molar-refractivity contribution < 1.29 is 4.79 Å². The molecular weight excluding hydrogens is 266 g/mol. The molecule has 0 aliphatic carbocycles. The summed E-state index contributed by atoms with van der Waals surface area (Å²) >= 11 is 0. The molecule has 0 aliphatic heterocycles. The van der Waals surface area contributed by atoms with Gasteiger partial charge >= 0.3 is 0 Å². The van der Waals surface area contributed by atoms with Crippen LogP contribution in [0.1, 0.15) is 37.7 Å². The molecule has 1 atom stereocenters. The molecule has 2 rings (SSSR count). The Morgan fingerprint density at radius 1 is 1.33 bits per heavy atom. The van der Waals surface area contributed by atoms with E-state index in [0.29, 0.717) is 12.8 Å². The predicted octanol–water partition coefficient (Wildman–Crippen LogP) is 1.66. The van der Waals surface area contributed by atoms with Gasteiger partial charge in [0.15, 0.2) is 0 Å². The van der Waals surface area contributed by atoms with Crippen molar-refractivity contribution in [3.8, 4) is 0 Å². The van der Waals surface area contributed by atoms with E-state index in [1.807, 2.05) is 19.2 Å². The van der Waals surface area contributed by atoms with Crippen LogP contribution in [0.4, 0.5) is 0 Å². The molecule has 112 valence electrons. The van der Waals surface area contributed by atoms with Crippen LogP contribution < -0.4 is 5.32 Å². The molecule has 6 nitrogen and oxygen atoms in total. The van der Waals surface area contributed by atoms with Gasteiger partial charge in [0, 0.05) is 25.9 Å². The van der Waals surface area contributed by atoms with Gasteiger partial charge in [-0.2, -0.15) is 5.10 Å². The first-order valence-corrected chi connectivity index (χ1v) is 7.10. The third kappa shape index (κ3) is 4.11. The molecule has 0 aliphatic rings. The monoisotopic (exact) mass is 287 g/mol. The maximum absolute atomic E-state index is 12.2. The van der Waals surface area contributed by atoms with E-state index < -0.39 is 0 Å². The molecule has 0 saturated carbocycles. The van der Waals surface area contributed by atoms with Crippen molar-refractivity contribution >= 4 is 5.91 Å². The average Bonchev–Trinajstić information content (AvgIpc) is 2.89. The summed E-state index contributed by atoms with van der Waals surface area (Å²) < 4.78 is 1.70. The van der Waals surface area contributed by atoms with Gasteiger partial charge in [0.2, 0.25) is 5.91 Å². The maximum atomic E-state index is 12.2. The zero-order chi connectivity index (χ0) is 15.2. The van der Waals surface area contributed by atoms with Crippen molar-refractivity contribution in [2.24, 2.45) is 13.0 Å². The molecule has 1 unspecified atom stereocenters. The lowest BCUT2D eigenvalue weighted by Crippen LogP contribution is -2.33. The average molecular weight is 287 g/mol. The third-order valence-corrected chi connectivity index (χ3v) is 3.40. The SMILES string of the molecule is CC(C)C(NC(=O)CCc1ccncc1)c1ncnn1C. The Morgan fingerprint density at radius 3 is 2.62 bits per heavy atom. The van der Waals surface area contributed by atoms with Crippen molar-refractivity contribution in [1.82, 2.24) is 25.1 Å². The molecule has 2 heterocycles. The topological polar surface area (TPSA) is 72.7 Å². The number of aryl methyl sites for hydroxylation is 2. The van der Waals surface area contributed by atoms with E-state index in [0.717, 1.165) is 11.4 Å². The Hall–Kier alpha value is -2.24. The molecule has 2 aromatic rings. The zero-order valence-corrected chi connectivity index (χ0v) is 12.7. The first-order chi connectivity index (χ1) is 10.1. The Balaban J connectivity index is 1.95. The van der Waals surface area contributed by atoms with Crippen molar-refractivity contribution in [3.05, 3.63) is 42.2 Å². The Morgan fingerprint density at radius 2 is 2.05 bits per heavy atom. The largest absolute Gasteiger partial charge is 0.346 e. The molecule has 21 heavy (non-hydrogen) atoms. The molecule has 6 heteroatoms. The van der Waals surface area contributed by atoms with E-state index in [1.54, 1.807) is 17.1 Å².